The van der Waals surface area contributed by atoms with Crippen molar-refractivity contribution in [2.45, 2.75) is 19.9 Å². The molecule has 5 heteroatoms. The normalized spacial score (nSPS) is 10.7. The third-order valence-electron chi connectivity index (χ3n) is 2.33. The van der Waals surface area contributed by atoms with Crippen LogP contribution >= 0.6 is 27.5 Å². The van der Waals surface area contributed by atoms with E-state index in [4.69, 9.17) is 16.7 Å². The second kappa shape index (κ2) is 6.38. The zero-order valence-electron chi connectivity index (χ0n) is 9.78. The Morgan fingerprint density at radius 3 is 2.59 bits per heavy atom. The second-order valence-corrected chi connectivity index (χ2v) is 5.33. The first-order valence-corrected chi connectivity index (χ1v) is 6.50. The number of amides is 1. The Hall–Kier alpha value is -0.580. The summed E-state index contributed by atoms with van der Waals surface area (Å²) in [6, 6.07) is 5.11. The summed E-state index contributed by atoms with van der Waals surface area (Å²) in [5.41, 5.74) is 0.520. The van der Waals surface area contributed by atoms with Gasteiger partial charge in [0.05, 0.1) is 6.61 Å². The molecule has 0 unspecified atom stereocenters. The Bertz CT molecular complexity index is 389. The van der Waals surface area contributed by atoms with E-state index in [1.165, 1.54) is 0 Å². The van der Waals surface area contributed by atoms with Gasteiger partial charge in [-0.2, -0.15) is 0 Å². The van der Waals surface area contributed by atoms with Gasteiger partial charge in [0.2, 0.25) is 0 Å². The van der Waals surface area contributed by atoms with Crippen molar-refractivity contribution in [1.82, 2.24) is 4.90 Å². The van der Waals surface area contributed by atoms with Crippen LogP contribution in [0.1, 0.15) is 24.2 Å². The molecule has 94 valence electrons. The highest BCUT2D eigenvalue weighted by atomic mass is 79.9. The summed E-state index contributed by atoms with van der Waals surface area (Å²) in [7, 11) is 0. The van der Waals surface area contributed by atoms with Gasteiger partial charge in [0, 0.05) is 27.6 Å². The van der Waals surface area contributed by atoms with E-state index in [1.54, 1.807) is 23.1 Å². The Morgan fingerprint density at radius 1 is 1.47 bits per heavy atom. The summed E-state index contributed by atoms with van der Waals surface area (Å²) < 4.78 is 0.765. The zero-order chi connectivity index (χ0) is 13.0. The first kappa shape index (κ1) is 14.5. The van der Waals surface area contributed by atoms with Crippen molar-refractivity contribution in [2.75, 3.05) is 13.2 Å². The van der Waals surface area contributed by atoms with Gasteiger partial charge < -0.3 is 10.0 Å². The van der Waals surface area contributed by atoms with Crippen molar-refractivity contribution in [1.29, 1.82) is 0 Å². The summed E-state index contributed by atoms with van der Waals surface area (Å²) in [4.78, 5) is 13.8. The fraction of sp³-hybridized carbons (Fsp3) is 0.417. The maximum atomic E-state index is 12.2. The molecule has 1 amide bonds. The number of carbonyl (C=O) groups excluding carboxylic acids is 1. The lowest BCUT2D eigenvalue weighted by Crippen LogP contribution is -2.39. The number of rotatable bonds is 4. The predicted octanol–water partition coefficient (Wildman–Crippen LogP) is 2.95. The summed E-state index contributed by atoms with van der Waals surface area (Å²) in [5.74, 6) is -0.128. The number of hydrogen-bond donors (Lipinski definition) is 1. The largest absolute Gasteiger partial charge is 0.395 e. The topological polar surface area (TPSA) is 40.5 Å². The fourth-order valence-corrected chi connectivity index (χ4v) is 2.41. The lowest BCUT2D eigenvalue weighted by atomic mass is 10.1. The van der Waals surface area contributed by atoms with E-state index in [0.29, 0.717) is 17.1 Å². The SMILES string of the molecule is CC(C)N(CCO)C(=O)c1cc(Cl)cc(Br)c1. The molecule has 0 saturated carbocycles. The molecule has 0 aliphatic heterocycles. The number of benzene rings is 1. The van der Waals surface area contributed by atoms with E-state index in [1.807, 2.05) is 13.8 Å². The van der Waals surface area contributed by atoms with Crippen LogP contribution in [0.5, 0.6) is 0 Å². The Labute approximate surface area is 115 Å². The predicted molar refractivity (Wildman–Crippen MR) is 72.4 cm³/mol. The molecule has 0 spiro atoms. The Morgan fingerprint density at radius 2 is 2.12 bits per heavy atom. The quantitative estimate of drug-likeness (QED) is 0.926. The first-order valence-electron chi connectivity index (χ1n) is 5.33. The minimum Gasteiger partial charge on any atom is -0.395 e. The van der Waals surface area contributed by atoms with E-state index >= 15 is 0 Å². The minimum absolute atomic E-state index is 0.0346. The highest BCUT2D eigenvalue weighted by molar-refractivity contribution is 9.10. The molecule has 1 aromatic rings. The van der Waals surface area contributed by atoms with Crippen molar-refractivity contribution in [3.63, 3.8) is 0 Å². The average Bonchev–Trinajstić information content (AvgIpc) is 2.23. The van der Waals surface area contributed by atoms with Gasteiger partial charge in [0.1, 0.15) is 0 Å². The molecule has 1 aromatic carbocycles. The van der Waals surface area contributed by atoms with Crippen molar-refractivity contribution in [2.24, 2.45) is 0 Å². The van der Waals surface area contributed by atoms with E-state index in [2.05, 4.69) is 15.9 Å². The van der Waals surface area contributed by atoms with Gasteiger partial charge in [-0.15, -0.1) is 0 Å². The Balaban J connectivity index is 3.00. The molecule has 0 aliphatic carbocycles. The molecule has 0 aliphatic rings. The smallest absolute Gasteiger partial charge is 0.254 e. The van der Waals surface area contributed by atoms with Gasteiger partial charge in [-0.3, -0.25) is 4.79 Å². The van der Waals surface area contributed by atoms with Gasteiger partial charge in [-0.05, 0) is 32.0 Å². The third kappa shape index (κ3) is 3.98. The molecule has 0 bridgehead atoms. The highest BCUT2D eigenvalue weighted by Gasteiger charge is 2.18. The van der Waals surface area contributed by atoms with Crippen molar-refractivity contribution in [3.8, 4) is 0 Å². The summed E-state index contributed by atoms with van der Waals surface area (Å²) >= 11 is 9.21. The van der Waals surface area contributed by atoms with Gasteiger partial charge in [-0.25, -0.2) is 0 Å². The maximum Gasteiger partial charge on any atom is 0.254 e. The second-order valence-electron chi connectivity index (χ2n) is 3.97. The lowest BCUT2D eigenvalue weighted by molar-refractivity contribution is 0.0665. The summed E-state index contributed by atoms with van der Waals surface area (Å²) in [5, 5.41) is 9.47. The number of aliphatic hydroxyl groups is 1. The van der Waals surface area contributed by atoms with Crippen molar-refractivity contribution < 1.29 is 9.90 Å². The maximum absolute atomic E-state index is 12.2. The van der Waals surface area contributed by atoms with E-state index in [9.17, 15) is 4.79 Å². The molecule has 17 heavy (non-hydrogen) atoms. The number of carbonyl (C=O) groups is 1. The highest BCUT2D eigenvalue weighted by Crippen LogP contribution is 2.21. The van der Waals surface area contributed by atoms with E-state index in [-0.39, 0.29) is 18.6 Å². The molecule has 0 aromatic heterocycles. The number of hydrogen-bond acceptors (Lipinski definition) is 2. The third-order valence-corrected chi connectivity index (χ3v) is 3.01. The zero-order valence-corrected chi connectivity index (χ0v) is 12.1. The van der Waals surface area contributed by atoms with Crippen LogP contribution in [0.3, 0.4) is 0 Å². The fourth-order valence-electron chi connectivity index (χ4n) is 1.55. The number of halogens is 2. The van der Waals surface area contributed by atoms with Crippen LogP contribution < -0.4 is 0 Å². The molecule has 0 atom stereocenters. The average molecular weight is 321 g/mol. The number of aliphatic hydroxyl groups excluding tert-OH is 1. The van der Waals surface area contributed by atoms with Gasteiger partial charge >= 0.3 is 0 Å². The lowest BCUT2D eigenvalue weighted by Gasteiger charge is -2.26. The van der Waals surface area contributed by atoms with Crippen LogP contribution in [0.4, 0.5) is 0 Å². The Kier molecular flexibility index (Phi) is 5.43. The van der Waals surface area contributed by atoms with Gasteiger partial charge in [-0.1, -0.05) is 27.5 Å². The number of nitrogens with zero attached hydrogens (tertiary/aromatic N) is 1. The summed E-state index contributed by atoms with van der Waals surface area (Å²) in [6.07, 6.45) is 0. The molecular formula is C12H15BrClNO2. The van der Waals surface area contributed by atoms with Gasteiger partial charge in [0.15, 0.2) is 0 Å². The van der Waals surface area contributed by atoms with Crippen LogP contribution in [-0.4, -0.2) is 35.1 Å². The minimum atomic E-state index is -0.128. The van der Waals surface area contributed by atoms with Gasteiger partial charge in [0.25, 0.3) is 5.91 Å². The standard InChI is InChI=1S/C12H15BrClNO2/c1-8(2)15(3-4-16)12(17)9-5-10(13)7-11(14)6-9/h5-8,16H,3-4H2,1-2H3. The molecule has 0 saturated heterocycles. The molecule has 0 fully saturated rings. The summed E-state index contributed by atoms with van der Waals surface area (Å²) in [6.45, 7) is 4.09. The van der Waals surface area contributed by atoms with Crippen LogP contribution in [0.2, 0.25) is 5.02 Å². The molecule has 0 heterocycles. The monoisotopic (exact) mass is 319 g/mol. The van der Waals surface area contributed by atoms with Crippen LogP contribution in [0, 0.1) is 0 Å². The first-order chi connectivity index (χ1) is 7.95. The van der Waals surface area contributed by atoms with E-state index in [0.717, 1.165) is 4.47 Å². The van der Waals surface area contributed by atoms with Crippen LogP contribution in [-0.2, 0) is 0 Å². The molecular weight excluding hydrogens is 305 g/mol. The van der Waals surface area contributed by atoms with Crippen LogP contribution in [0.15, 0.2) is 22.7 Å². The molecule has 1 rings (SSSR count). The van der Waals surface area contributed by atoms with Crippen molar-refractivity contribution in [3.05, 3.63) is 33.3 Å². The molecule has 3 nitrogen and oxygen atoms in total. The van der Waals surface area contributed by atoms with Crippen LogP contribution in [0.25, 0.3) is 0 Å². The molecule has 1 N–H and O–H groups in total. The van der Waals surface area contributed by atoms with E-state index < -0.39 is 0 Å². The molecule has 0 radical (unpaired) electrons. The van der Waals surface area contributed by atoms with Crippen molar-refractivity contribution >= 4 is 33.4 Å².